The number of nitrogens with zero attached hydrogens (tertiary/aromatic N) is 2. The van der Waals surface area contributed by atoms with E-state index in [4.69, 9.17) is 4.74 Å². The van der Waals surface area contributed by atoms with Crippen LogP contribution in [0.4, 0.5) is 0 Å². The van der Waals surface area contributed by atoms with Crippen molar-refractivity contribution in [2.45, 2.75) is 20.4 Å². The molecule has 0 amide bonds. The van der Waals surface area contributed by atoms with Crippen LogP contribution < -0.4 is 4.74 Å². The number of H-pyrrole nitrogens is 1. The molecule has 4 nitrogen and oxygen atoms in total. The normalized spacial score (nSPS) is 11.1. The number of nitrogens with one attached hydrogen (secondary N) is 1. The van der Waals surface area contributed by atoms with Crippen molar-refractivity contribution in [2.24, 2.45) is 0 Å². The Balaban J connectivity index is 2.15. The molecule has 0 aliphatic rings. The van der Waals surface area contributed by atoms with Gasteiger partial charge in [-0.1, -0.05) is 0 Å². The van der Waals surface area contributed by atoms with E-state index < -0.39 is 0 Å². The molecule has 0 radical (unpaired) electrons. The van der Waals surface area contributed by atoms with Gasteiger partial charge in [0.15, 0.2) is 0 Å². The third-order valence-corrected chi connectivity index (χ3v) is 3.29. The van der Waals surface area contributed by atoms with Crippen LogP contribution >= 0.6 is 0 Å². The zero-order valence-corrected chi connectivity index (χ0v) is 11.2. The summed E-state index contributed by atoms with van der Waals surface area (Å²) in [7, 11) is 0. The molecule has 98 valence electrons. The van der Waals surface area contributed by atoms with Gasteiger partial charge in [0, 0.05) is 29.2 Å². The zero-order chi connectivity index (χ0) is 13.2. The summed E-state index contributed by atoms with van der Waals surface area (Å²) in [5.41, 5.74) is 3.40. The van der Waals surface area contributed by atoms with E-state index in [-0.39, 0.29) is 0 Å². The van der Waals surface area contributed by atoms with Crippen LogP contribution in [0.5, 0.6) is 5.75 Å². The fourth-order valence-electron chi connectivity index (χ4n) is 2.37. The molecule has 1 N–H and O–H groups in total. The monoisotopic (exact) mass is 255 g/mol. The van der Waals surface area contributed by atoms with E-state index in [1.807, 2.05) is 31.7 Å². The first kappa shape index (κ1) is 11.8. The molecule has 0 bridgehead atoms. The van der Waals surface area contributed by atoms with Gasteiger partial charge in [-0.15, -0.1) is 0 Å². The highest BCUT2D eigenvalue weighted by Crippen LogP contribution is 2.31. The average molecular weight is 255 g/mol. The van der Waals surface area contributed by atoms with Gasteiger partial charge in [0.25, 0.3) is 0 Å². The molecule has 3 rings (SSSR count). The van der Waals surface area contributed by atoms with Crippen molar-refractivity contribution in [3.8, 4) is 17.0 Å². The molecule has 2 heterocycles. The first-order valence-electron chi connectivity index (χ1n) is 6.58. The van der Waals surface area contributed by atoms with E-state index in [1.54, 1.807) is 0 Å². The van der Waals surface area contributed by atoms with Gasteiger partial charge < -0.3 is 14.3 Å². The summed E-state index contributed by atoms with van der Waals surface area (Å²) < 4.78 is 7.71. The van der Waals surface area contributed by atoms with E-state index in [0.29, 0.717) is 6.61 Å². The van der Waals surface area contributed by atoms with Crippen LogP contribution in [0.15, 0.2) is 36.9 Å². The summed E-state index contributed by atoms with van der Waals surface area (Å²) in [6, 6.07) is 6.12. The van der Waals surface area contributed by atoms with E-state index in [9.17, 15) is 0 Å². The summed E-state index contributed by atoms with van der Waals surface area (Å²) in [5, 5.41) is 1.17. The number of aromatic nitrogens is 3. The average Bonchev–Trinajstić information content (AvgIpc) is 3.03. The minimum absolute atomic E-state index is 0.679. The van der Waals surface area contributed by atoms with Crippen LogP contribution in [0, 0.1) is 0 Å². The van der Waals surface area contributed by atoms with Crippen LogP contribution in [0.25, 0.3) is 22.2 Å². The van der Waals surface area contributed by atoms with Crippen molar-refractivity contribution >= 4 is 10.9 Å². The van der Waals surface area contributed by atoms with Crippen molar-refractivity contribution < 1.29 is 4.74 Å². The highest BCUT2D eigenvalue weighted by molar-refractivity contribution is 5.95. The Hall–Kier alpha value is -2.23. The predicted molar refractivity (Wildman–Crippen MR) is 76.4 cm³/mol. The molecule has 3 aromatic rings. The van der Waals surface area contributed by atoms with Gasteiger partial charge in [-0.25, -0.2) is 4.98 Å². The minimum atomic E-state index is 0.679. The molecule has 19 heavy (non-hydrogen) atoms. The minimum Gasteiger partial charge on any atom is -0.494 e. The number of aromatic amines is 1. The fraction of sp³-hybridized carbons (Fsp3) is 0.267. The van der Waals surface area contributed by atoms with Gasteiger partial charge in [-0.05, 0) is 32.0 Å². The molecule has 0 spiro atoms. The van der Waals surface area contributed by atoms with Gasteiger partial charge in [0.05, 0.1) is 24.8 Å². The Morgan fingerprint density at radius 2 is 2.21 bits per heavy atom. The second-order valence-corrected chi connectivity index (χ2v) is 4.41. The zero-order valence-electron chi connectivity index (χ0n) is 11.2. The maximum atomic E-state index is 5.58. The molecule has 0 unspecified atom stereocenters. The Kier molecular flexibility index (Phi) is 2.99. The van der Waals surface area contributed by atoms with Crippen LogP contribution in [0.1, 0.15) is 13.8 Å². The van der Waals surface area contributed by atoms with Gasteiger partial charge >= 0.3 is 0 Å². The van der Waals surface area contributed by atoms with Gasteiger partial charge in [0.1, 0.15) is 5.75 Å². The molecule has 0 aliphatic heterocycles. The van der Waals surface area contributed by atoms with E-state index in [2.05, 4.69) is 33.6 Å². The lowest BCUT2D eigenvalue weighted by atomic mass is 10.1. The van der Waals surface area contributed by atoms with Gasteiger partial charge in [-0.2, -0.15) is 0 Å². The van der Waals surface area contributed by atoms with E-state index in [0.717, 1.165) is 29.1 Å². The lowest BCUT2D eigenvalue weighted by Crippen LogP contribution is -1.94. The molecule has 0 saturated heterocycles. The lowest BCUT2D eigenvalue weighted by molar-refractivity contribution is 0.341. The molecule has 0 atom stereocenters. The Bertz CT molecular complexity index is 696. The van der Waals surface area contributed by atoms with Crippen molar-refractivity contribution in [1.82, 2.24) is 14.5 Å². The largest absolute Gasteiger partial charge is 0.494 e. The smallest absolute Gasteiger partial charge is 0.120 e. The summed E-state index contributed by atoms with van der Waals surface area (Å²) in [6.45, 7) is 5.70. The Morgan fingerprint density at radius 3 is 3.00 bits per heavy atom. The maximum Gasteiger partial charge on any atom is 0.120 e. The molecular formula is C15H17N3O. The van der Waals surface area contributed by atoms with Crippen LogP contribution in [0.3, 0.4) is 0 Å². The Labute approximate surface area is 112 Å². The molecular weight excluding hydrogens is 238 g/mol. The second kappa shape index (κ2) is 4.80. The van der Waals surface area contributed by atoms with Gasteiger partial charge in [0.2, 0.25) is 0 Å². The quantitative estimate of drug-likeness (QED) is 0.776. The lowest BCUT2D eigenvalue weighted by Gasteiger charge is -2.05. The number of benzene rings is 1. The molecule has 0 fully saturated rings. The van der Waals surface area contributed by atoms with Crippen molar-refractivity contribution in [2.75, 3.05) is 6.61 Å². The highest BCUT2D eigenvalue weighted by atomic mass is 16.5. The number of aryl methyl sites for hydroxylation is 1. The number of hydrogen-bond donors (Lipinski definition) is 1. The predicted octanol–water partition coefficient (Wildman–Crippen LogP) is 3.45. The third kappa shape index (κ3) is 1.99. The standard InChI is InChI=1S/C15H17N3O/c1-3-18-10-16-9-15(18)13-8-17-14-6-5-11(19-4-2)7-12(13)14/h5-10,17H,3-4H2,1-2H3. The number of hydrogen-bond acceptors (Lipinski definition) is 2. The SMILES string of the molecule is CCOc1ccc2[nH]cc(-c3cncn3CC)c2c1. The summed E-state index contributed by atoms with van der Waals surface area (Å²) in [6.07, 6.45) is 5.80. The van der Waals surface area contributed by atoms with Crippen molar-refractivity contribution in [3.63, 3.8) is 0 Å². The van der Waals surface area contributed by atoms with E-state index in [1.165, 1.54) is 5.39 Å². The summed E-state index contributed by atoms with van der Waals surface area (Å²) in [4.78, 5) is 7.53. The van der Waals surface area contributed by atoms with Crippen LogP contribution in [-0.4, -0.2) is 21.1 Å². The third-order valence-electron chi connectivity index (χ3n) is 3.29. The summed E-state index contributed by atoms with van der Waals surface area (Å²) in [5.74, 6) is 0.901. The molecule has 0 aliphatic carbocycles. The van der Waals surface area contributed by atoms with E-state index >= 15 is 0 Å². The molecule has 0 saturated carbocycles. The Morgan fingerprint density at radius 1 is 1.32 bits per heavy atom. The number of ether oxygens (including phenoxy) is 1. The maximum absolute atomic E-state index is 5.58. The number of rotatable bonds is 4. The first-order chi connectivity index (χ1) is 9.33. The highest BCUT2D eigenvalue weighted by Gasteiger charge is 2.10. The molecule has 1 aromatic carbocycles. The van der Waals surface area contributed by atoms with Gasteiger partial charge in [-0.3, -0.25) is 0 Å². The van der Waals surface area contributed by atoms with Crippen molar-refractivity contribution in [3.05, 3.63) is 36.9 Å². The van der Waals surface area contributed by atoms with Crippen molar-refractivity contribution in [1.29, 1.82) is 0 Å². The number of imidazole rings is 1. The molecule has 2 aromatic heterocycles. The topological polar surface area (TPSA) is 42.8 Å². The fourth-order valence-corrected chi connectivity index (χ4v) is 2.37. The number of fused-ring (bicyclic) bond motifs is 1. The summed E-state index contributed by atoms with van der Waals surface area (Å²) >= 11 is 0. The van der Waals surface area contributed by atoms with Crippen LogP contribution in [-0.2, 0) is 6.54 Å². The second-order valence-electron chi connectivity index (χ2n) is 4.41. The molecule has 4 heteroatoms. The first-order valence-corrected chi connectivity index (χ1v) is 6.58. The van der Waals surface area contributed by atoms with Crippen LogP contribution in [0.2, 0.25) is 0 Å².